The average molecular weight is 542 g/mol. The Kier molecular flexibility index (Phi) is 9.18. The van der Waals surface area contributed by atoms with E-state index in [1.54, 1.807) is 19.2 Å². The molecule has 6 N–H and O–H groups in total. The first kappa shape index (κ1) is 29.1. The summed E-state index contributed by atoms with van der Waals surface area (Å²) < 4.78 is 58.5. The molecule has 38 heavy (non-hydrogen) atoms. The van der Waals surface area contributed by atoms with E-state index in [1.807, 2.05) is 4.90 Å². The molecule has 2 aromatic carbocycles. The molecule has 1 unspecified atom stereocenters. The van der Waals surface area contributed by atoms with E-state index in [0.717, 1.165) is 17.0 Å². The summed E-state index contributed by atoms with van der Waals surface area (Å²) in [7, 11) is 0. The van der Waals surface area contributed by atoms with Gasteiger partial charge in [0.1, 0.15) is 30.0 Å². The van der Waals surface area contributed by atoms with Gasteiger partial charge in [-0.3, -0.25) is 15.1 Å². The second kappa shape index (κ2) is 12.0. The molecule has 0 saturated carbocycles. The van der Waals surface area contributed by atoms with Gasteiger partial charge in [0.15, 0.2) is 5.84 Å². The van der Waals surface area contributed by atoms with Crippen LogP contribution in [0.5, 0.6) is 11.5 Å². The van der Waals surface area contributed by atoms with Crippen molar-refractivity contribution >= 4 is 17.4 Å². The first-order valence-electron chi connectivity index (χ1n) is 11.9. The van der Waals surface area contributed by atoms with Crippen LogP contribution in [0.3, 0.4) is 0 Å². The molecule has 1 heterocycles. The van der Waals surface area contributed by atoms with Crippen molar-refractivity contribution in [3.8, 4) is 11.5 Å². The topological polar surface area (TPSA) is 135 Å². The second-order valence-electron chi connectivity index (χ2n) is 9.25. The third kappa shape index (κ3) is 7.11. The SMILES string of the molecule is CC(C)c1cc(C(N)N(C(=N)C(=O)NCC(F)(F)F)c2ccc(CN3CCOCC3)c(F)c2)c(O)cc1O. The maximum atomic E-state index is 15.2. The summed E-state index contributed by atoms with van der Waals surface area (Å²) in [5, 5.41) is 30.6. The Bertz CT molecular complexity index is 1170. The number of phenolic OH excluding ortho intramolecular Hbond substituents is 2. The lowest BCUT2D eigenvalue weighted by Crippen LogP contribution is -2.48. The van der Waals surface area contributed by atoms with E-state index in [0.29, 0.717) is 37.4 Å². The molecule has 13 heteroatoms. The number of anilines is 1. The predicted molar refractivity (Wildman–Crippen MR) is 133 cm³/mol. The van der Waals surface area contributed by atoms with Crippen LogP contribution in [0.2, 0.25) is 0 Å². The van der Waals surface area contributed by atoms with Crippen molar-refractivity contribution in [2.24, 2.45) is 5.73 Å². The smallest absolute Gasteiger partial charge is 0.405 e. The van der Waals surface area contributed by atoms with E-state index < -0.39 is 42.2 Å². The largest absolute Gasteiger partial charge is 0.508 e. The van der Waals surface area contributed by atoms with Crippen molar-refractivity contribution in [1.82, 2.24) is 10.2 Å². The second-order valence-corrected chi connectivity index (χ2v) is 9.25. The Labute approximate surface area is 217 Å². The first-order chi connectivity index (χ1) is 17.8. The molecule has 1 saturated heterocycles. The number of hydrogen-bond acceptors (Lipinski definition) is 7. The molecule has 1 aliphatic heterocycles. The Hall–Kier alpha value is -3.42. The van der Waals surface area contributed by atoms with E-state index in [1.165, 1.54) is 18.2 Å². The minimum atomic E-state index is -4.72. The van der Waals surface area contributed by atoms with Gasteiger partial charge in [0, 0.05) is 42.5 Å². The van der Waals surface area contributed by atoms with Crippen LogP contribution in [0.25, 0.3) is 0 Å². The molecular formula is C25H31F4N5O4. The number of amidine groups is 1. The minimum Gasteiger partial charge on any atom is -0.508 e. The number of rotatable bonds is 7. The first-order valence-corrected chi connectivity index (χ1v) is 11.9. The number of aromatic hydroxyl groups is 2. The molecule has 2 aromatic rings. The van der Waals surface area contributed by atoms with Crippen molar-refractivity contribution < 1.29 is 37.3 Å². The van der Waals surface area contributed by atoms with Gasteiger partial charge in [-0.1, -0.05) is 19.9 Å². The number of carbonyl (C=O) groups is 1. The number of halogens is 4. The molecule has 1 aliphatic rings. The summed E-state index contributed by atoms with van der Waals surface area (Å²) in [6, 6.07) is 6.28. The van der Waals surface area contributed by atoms with Gasteiger partial charge >= 0.3 is 6.18 Å². The number of carbonyl (C=O) groups excluding carboxylic acids is 1. The van der Waals surface area contributed by atoms with Gasteiger partial charge in [-0.15, -0.1) is 0 Å². The fourth-order valence-corrected chi connectivity index (χ4v) is 4.07. The highest BCUT2D eigenvalue weighted by Crippen LogP contribution is 2.37. The van der Waals surface area contributed by atoms with Gasteiger partial charge in [-0.2, -0.15) is 13.2 Å². The number of phenols is 2. The van der Waals surface area contributed by atoms with Crippen LogP contribution in [0.1, 0.15) is 42.6 Å². The fourth-order valence-electron chi connectivity index (χ4n) is 4.07. The van der Waals surface area contributed by atoms with E-state index in [9.17, 15) is 28.2 Å². The number of ether oxygens (including phenoxy) is 1. The monoisotopic (exact) mass is 541 g/mol. The zero-order valence-electron chi connectivity index (χ0n) is 21.0. The van der Waals surface area contributed by atoms with E-state index in [-0.39, 0.29) is 29.5 Å². The van der Waals surface area contributed by atoms with Crippen molar-refractivity contribution in [1.29, 1.82) is 5.41 Å². The van der Waals surface area contributed by atoms with Crippen LogP contribution >= 0.6 is 0 Å². The van der Waals surface area contributed by atoms with E-state index in [4.69, 9.17) is 15.9 Å². The number of morpholine rings is 1. The summed E-state index contributed by atoms with van der Waals surface area (Å²) in [5.41, 5.74) is 6.95. The normalized spacial score (nSPS) is 15.4. The number of benzene rings is 2. The van der Waals surface area contributed by atoms with Crippen LogP contribution in [0.15, 0.2) is 30.3 Å². The molecule has 1 amide bonds. The number of hydrogen-bond donors (Lipinski definition) is 5. The summed E-state index contributed by atoms with van der Waals surface area (Å²) in [5.74, 6) is -3.97. The Morgan fingerprint density at radius 1 is 1.16 bits per heavy atom. The maximum Gasteiger partial charge on any atom is 0.405 e. The van der Waals surface area contributed by atoms with Crippen molar-refractivity contribution in [2.75, 3.05) is 37.7 Å². The van der Waals surface area contributed by atoms with Crippen LogP contribution in [-0.2, 0) is 16.1 Å². The number of nitrogens with zero attached hydrogens (tertiary/aromatic N) is 2. The van der Waals surface area contributed by atoms with Crippen LogP contribution in [-0.4, -0.2) is 65.9 Å². The third-order valence-corrected chi connectivity index (χ3v) is 6.11. The van der Waals surface area contributed by atoms with E-state index >= 15 is 4.39 Å². The molecule has 0 bridgehead atoms. The number of nitrogens with two attached hydrogens (primary N) is 1. The zero-order chi connectivity index (χ0) is 28.2. The summed E-state index contributed by atoms with van der Waals surface area (Å²) in [6.07, 6.45) is -6.22. The third-order valence-electron chi connectivity index (χ3n) is 6.11. The molecule has 9 nitrogen and oxygen atoms in total. The van der Waals surface area contributed by atoms with Crippen molar-refractivity contribution in [3.05, 3.63) is 52.8 Å². The maximum absolute atomic E-state index is 15.2. The van der Waals surface area contributed by atoms with Gasteiger partial charge in [0.25, 0.3) is 5.91 Å². The summed E-state index contributed by atoms with van der Waals surface area (Å²) in [6.45, 7) is 4.39. The molecule has 0 aliphatic carbocycles. The fraction of sp³-hybridized carbons (Fsp3) is 0.440. The highest BCUT2D eigenvalue weighted by atomic mass is 19.4. The average Bonchev–Trinajstić information content (AvgIpc) is 2.84. The van der Waals surface area contributed by atoms with Gasteiger partial charge in [-0.05, 0) is 29.7 Å². The minimum absolute atomic E-state index is 0.0299. The molecule has 3 rings (SSSR count). The molecule has 0 radical (unpaired) electrons. The number of nitrogens with one attached hydrogen (secondary N) is 2. The highest BCUT2D eigenvalue weighted by Gasteiger charge is 2.33. The lowest BCUT2D eigenvalue weighted by atomic mass is 9.97. The summed E-state index contributed by atoms with van der Waals surface area (Å²) in [4.78, 5) is 15.3. The summed E-state index contributed by atoms with van der Waals surface area (Å²) >= 11 is 0. The zero-order valence-corrected chi connectivity index (χ0v) is 21.0. The highest BCUT2D eigenvalue weighted by molar-refractivity contribution is 6.41. The molecule has 0 spiro atoms. The predicted octanol–water partition coefficient (Wildman–Crippen LogP) is 3.31. The van der Waals surface area contributed by atoms with Gasteiger partial charge in [0.2, 0.25) is 0 Å². The molecule has 1 atom stereocenters. The Balaban J connectivity index is 2.00. The van der Waals surface area contributed by atoms with Crippen LogP contribution in [0.4, 0.5) is 23.2 Å². The van der Waals surface area contributed by atoms with Gasteiger partial charge in [-0.25, -0.2) is 4.39 Å². The Morgan fingerprint density at radius 2 is 1.79 bits per heavy atom. The molecule has 1 fully saturated rings. The van der Waals surface area contributed by atoms with Crippen molar-refractivity contribution in [3.63, 3.8) is 0 Å². The van der Waals surface area contributed by atoms with Gasteiger partial charge in [0.05, 0.1) is 13.2 Å². The van der Waals surface area contributed by atoms with Crippen LogP contribution in [0, 0.1) is 11.2 Å². The lowest BCUT2D eigenvalue weighted by Gasteiger charge is -2.32. The standard InChI is InChI=1S/C25H31F4N5O4/c1-14(2)17-10-18(21(36)11-20(17)35)22(30)34(23(31)24(37)32-13-25(27,28)29)16-4-3-15(19(26)9-16)12-33-5-7-38-8-6-33/h3-4,9-11,14,22,31,35-36H,5-8,12-13,30H2,1-2H3,(H,32,37). The van der Waals surface area contributed by atoms with Crippen LogP contribution < -0.4 is 16.0 Å². The Morgan fingerprint density at radius 3 is 2.37 bits per heavy atom. The van der Waals surface area contributed by atoms with Gasteiger partial charge < -0.3 is 30.9 Å². The quantitative estimate of drug-likeness (QED) is 0.157. The lowest BCUT2D eigenvalue weighted by molar-refractivity contribution is -0.134. The van der Waals surface area contributed by atoms with Crippen molar-refractivity contribution in [2.45, 2.75) is 38.7 Å². The molecular weight excluding hydrogens is 510 g/mol. The molecule has 0 aromatic heterocycles. The molecule has 208 valence electrons. The van der Waals surface area contributed by atoms with E-state index in [2.05, 4.69) is 0 Å². The number of amides is 1. The number of alkyl halides is 3.